The second-order valence-corrected chi connectivity index (χ2v) is 1.83. The first-order valence-electron chi connectivity index (χ1n) is 3.16. The van der Waals surface area contributed by atoms with Gasteiger partial charge in [-0.05, 0) is 12.1 Å². The summed E-state index contributed by atoms with van der Waals surface area (Å²) in [7, 11) is 0. The molecule has 0 aliphatic heterocycles. The molecular weight excluding hydrogens is 174 g/mol. The zero-order chi connectivity index (χ0) is 10.1. The number of nitrogens with two attached hydrogens (primary N) is 1. The number of nitro groups is 1. The number of anilines is 1. The van der Waals surface area contributed by atoms with Crippen LogP contribution in [0.15, 0.2) is 35.6 Å². The molecule has 1 aromatic carbocycles. The second kappa shape index (κ2) is 6.44. The standard InChI is InChI=1S/C6H7N.N4O2/c7-6-4-2-1-3-5-6;1-2-3-4(5)6/h1-5H,7H2;. The van der Waals surface area contributed by atoms with Gasteiger partial charge in [0.1, 0.15) is 0 Å². The van der Waals surface area contributed by atoms with E-state index in [0.717, 1.165) is 5.69 Å². The maximum atomic E-state index is 8.98. The molecule has 68 valence electrons. The second-order valence-electron chi connectivity index (χ2n) is 1.83. The fourth-order valence-electron chi connectivity index (χ4n) is 0.486. The molecule has 13 heavy (non-hydrogen) atoms. The molecule has 0 radical (unpaired) electrons. The summed E-state index contributed by atoms with van der Waals surface area (Å²) in [6.45, 7) is 0. The van der Waals surface area contributed by atoms with E-state index in [0.29, 0.717) is 0 Å². The molecule has 0 saturated heterocycles. The summed E-state index contributed by atoms with van der Waals surface area (Å²) in [5.41, 5.74) is 13.4. The molecule has 7 heteroatoms. The van der Waals surface area contributed by atoms with E-state index in [1.165, 1.54) is 0 Å². The number of hydrogen-bond donors (Lipinski definition) is 1. The fraction of sp³-hybridized carbons (Fsp3) is 0. The third kappa shape index (κ3) is 7.63. The van der Waals surface area contributed by atoms with Crippen molar-refractivity contribution < 1.29 is 5.03 Å². The van der Waals surface area contributed by atoms with Gasteiger partial charge in [0.15, 0.2) is 5.03 Å². The minimum absolute atomic E-state index is 0.822. The first-order valence-corrected chi connectivity index (χ1v) is 3.16. The van der Waals surface area contributed by atoms with Crippen molar-refractivity contribution in [1.29, 1.82) is 0 Å². The first kappa shape index (κ1) is 10.7. The Morgan fingerprint density at radius 1 is 1.46 bits per heavy atom. The highest BCUT2D eigenvalue weighted by molar-refractivity contribution is 5.35. The van der Waals surface area contributed by atoms with Crippen LogP contribution in [0.3, 0.4) is 0 Å². The van der Waals surface area contributed by atoms with Gasteiger partial charge in [0.25, 0.3) is 5.22 Å². The molecule has 0 heterocycles. The van der Waals surface area contributed by atoms with E-state index in [4.69, 9.17) is 21.4 Å². The van der Waals surface area contributed by atoms with Gasteiger partial charge < -0.3 is 5.73 Å². The van der Waals surface area contributed by atoms with Gasteiger partial charge in [-0.15, -0.1) is 0 Å². The lowest BCUT2D eigenvalue weighted by Crippen LogP contribution is -1.79. The predicted molar refractivity (Wildman–Crippen MR) is 47.0 cm³/mol. The van der Waals surface area contributed by atoms with Crippen molar-refractivity contribution in [3.8, 4) is 0 Å². The Morgan fingerprint density at radius 2 is 2.00 bits per heavy atom. The van der Waals surface area contributed by atoms with Crippen molar-refractivity contribution >= 4 is 5.69 Å². The molecule has 0 fully saturated rings. The average molecular weight is 181 g/mol. The van der Waals surface area contributed by atoms with E-state index in [9.17, 15) is 0 Å². The number of nitrogens with zero attached hydrogens (tertiary/aromatic N) is 4. The summed E-state index contributed by atoms with van der Waals surface area (Å²) >= 11 is 0. The molecule has 0 unspecified atom stereocenters. The van der Waals surface area contributed by atoms with Gasteiger partial charge in [0.2, 0.25) is 0 Å². The van der Waals surface area contributed by atoms with Crippen molar-refractivity contribution in [3.05, 3.63) is 50.9 Å². The molecule has 1 rings (SSSR count). The Kier molecular flexibility index (Phi) is 5.32. The SMILES string of the molecule is Nc1ccccc1.[N-]=[N+]=N[N+](=O)[O-]. The van der Waals surface area contributed by atoms with Gasteiger partial charge in [0.05, 0.1) is 4.91 Å². The Labute approximate surface area is 73.5 Å². The van der Waals surface area contributed by atoms with Crippen molar-refractivity contribution in [2.75, 3.05) is 5.73 Å². The summed E-state index contributed by atoms with van der Waals surface area (Å²) in [5.74, 6) is 0. The number of azide groups is 1. The van der Waals surface area contributed by atoms with Crippen molar-refractivity contribution in [2.24, 2.45) is 5.22 Å². The lowest BCUT2D eigenvalue weighted by atomic mass is 10.3. The summed E-state index contributed by atoms with van der Waals surface area (Å²) in [6, 6.07) is 9.49. The Morgan fingerprint density at radius 3 is 2.15 bits per heavy atom. The van der Waals surface area contributed by atoms with Crippen LogP contribution in [0.25, 0.3) is 10.4 Å². The third-order valence-corrected chi connectivity index (χ3v) is 0.913. The summed E-state index contributed by atoms with van der Waals surface area (Å²) in [6.07, 6.45) is 0. The Bertz CT molecular complexity index is 306. The van der Waals surface area contributed by atoms with Gasteiger partial charge in [-0.3, -0.25) is 0 Å². The molecule has 0 aliphatic rings. The van der Waals surface area contributed by atoms with Gasteiger partial charge in [-0.25, -0.2) is 10.1 Å². The molecule has 0 atom stereocenters. The van der Waals surface area contributed by atoms with Crippen LogP contribution in [0.2, 0.25) is 0 Å². The molecule has 0 spiro atoms. The van der Waals surface area contributed by atoms with E-state index < -0.39 is 5.03 Å². The van der Waals surface area contributed by atoms with Crippen LogP contribution < -0.4 is 5.73 Å². The summed E-state index contributed by atoms with van der Waals surface area (Å²) in [5, 5.41) is 9.90. The summed E-state index contributed by atoms with van der Waals surface area (Å²) < 4.78 is 0. The third-order valence-electron chi connectivity index (χ3n) is 0.913. The smallest absolute Gasteiger partial charge is 0.261 e. The van der Waals surface area contributed by atoms with Crippen molar-refractivity contribution in [2.45, 2.75) is 0 Å². The van der Waals surface area contributed by atoms with Crippen LogP contribution in [0.4, 0.5) is 5.69 Å². The molecule has 0 bridgehead atoms. The number of rotatable bonds is 1. The highest BCUT2D eigenvalue weighted by Gasteiger charge is 1.77. The Balaban J connectivity index is 0.000000226. The topological polar surface area (TPSA) is 118 Å². The minimum atomic E-state index is -1.11. The average Bonchev–Trinajstić information content (AvgIpc) is 2.06. The van der Waals surface area contributed by atoms with Crippen LogP contribution in [-0.4, -0.2) is 5.03 Å². The monoisotopic (exact) mass is 181 g/mol. The molecule has 7 nitrogen and oxygen atoms in total. The van der Waals surface area contributed by atoms with Crippen LogP contribution >= 0.6 is 0 Å². The maximum Gasteiger partial charge on any atom is 0.261 e. The zero-order valence-electron chi connectivity index (χ0n) is 6.57. The molecule has 0 saturated carbocycles. The van der Waals surface area contributed by atoms with Gasteiger partial charge in [-0.1, -0.05) is 18.2 Å². The fourth-order valence-corrected chi connectivity index (χ4v) is 0.486. The highest BCUT2D eigenvalue weighted by atomic mass is 16.7. The predicted octanol–water partition coefficient (Wildman–Crippen LogP) is 1.76. The van der Waals surface area contributed by atoms with Crippen LogP contribution in [0.5, 0.6) is 0 Å². The minimum Gasteiger partial charge on any atom is -0.399 e. The maximum absolute atomic E-state index is 8.98. The van der Waals surface area contributed by atoms with Crippen LogP contribution in [-0.2, 0) is 0 Å². The van der Waals surface area contributed by atoms with E-state index in [2.05, 4.69) is 0 Å². The van der Waals surface area contributed by atoms with Crippen LogP contribution in [0.1, 0.15) is 0 Å². The Hall–Kier alpha value is -2.27. The zero-order valence-corrected chi connectivity index (χ0v) is 6.57. The van der Waals surface area contributed by atoms with Crippen molar-refractivity contribution in [3.63, 3.8) is 0 Å². The number of nitrogen functional groups attached to an aromatic ring is 1. The molecular formula is C6H7N5O2. The van der Waals surface area contributed by atoms with Gasteiger partial charge in [0, 0.05) is 11.2 Å². The molecule has 0 amide bonds. The van der Waals surface area contributed by atoms with Gasteiger partial charge >= 0.3 is 0 Å². The molecule has 0 aliphatic carbocycles. The normalized spacial score (nSPS) is 7.38. The summed E-state index contributed by atoms with van der Waals surface area (Å²) in [4.78, 5) is 10.8. The largest absolute Gasteiger partial charge is 0.399 e. The highest BCUT2D eigenvalue weighted by Crippen LogP contribution is 1.95. The number of benzene rings is 1. The molecule has 0 aromatic heterocycles. The number of para-hydroxylation sites is 1. The molecule has 2 N–H and O–H groups in total. The van der Waals surface area contributed by atoms with E-state index in [1.54, 1.807) is 0 Å². The molecule has 1 aromatic rings. The van der Waals surface area contributed by atoms with E-state index in [1.807, 2.05) is 40.5 Å². The quantitative estimate of drug-likeness (QED) is 0.177. The lowest BCUT2D eigenvalue weighted by Gasteiger charge is -1.83. The number of hydrogen-bond acceptors (Lipinski definition) is 3. The van der Waals surface area contributed by atoms with E-state index in [-0.39, 0.29) is 0 Å². The van der Waals surface area contributed by atoms with Crippen molar-refractivity contribution in [1.82, 2.24) is 0 Å². The van der Waals surface area contributed by atoms with Crippen LogP contribution in [0, 0.1) is 10.1 Å². The first-order chi connectivity index (χ1) is 6.16. The van der Waals surface area contributed by atoms with Gasteiger partial charge in [-0.2, -0.15) is 0 Å². The lowest BCUT2D eigenvalue weighted by molar-refractivity contribution is -0.488. The van der Waals surface area contributed by atoms with E-state index >= 15 is 0 Å².